The summed E-state index contributed by atoms with van der Waals surface area (Å²) in [6.45, 7) is 4.30. The highest BCUT2D eigenvalue weighted by molar-refractivity contribution is 7.79. The second-order valence-electron chi connectivity index (χ2n) is 3.68. The quantitative estimate of drug-likeness (QED) is 0.752. The van der Waals surface area contributed by atoms with E-state index in [1.165, 1.54) is 11.1 Å². The van der Waals surface area contributed by atoms with E-state index < -0.39 is 0 Å². The van der Waals surface area contributed by atoms with Crippen LogP contribution < -0.4 is 0 Å². The second kappa shape index (κ2) is 5.07. The number of hydrogen-bond donors (Lipinski definition) is 1. The van der Waals surface area contributed by atoms with Crippen LogP contribution in [0.1, 0.15) is 36.5 Å². The molecule has 0 radical (unpaired) electrons. The topological polar surface area (TPSA) is 23.8 Å². The predicted octanol–water partition coefficient (Wildman–Crippen LogP) is 3.31. The molecule has 0 aliphatic heterocycles. The molecule has 1 aromatic carbocycles. The molecule has 0 saturated carbocycles. The summed E-state index contributed by atoms with van der Waals surface area (Å²) < 4.78 is 0. The van der Waals surface area contributed by atoms with E-state index in [2.05, 4.69) is 38.6 Å². The Morgan fingerprint density at radius 2 is 2.14 bits per heavy atom. The molecule has 14 heavy (non-hydrogen) atoms. The van der Waals surface area contributed by atoms with Crippen LogP contribution in [-0.4, -0.2) is 0 Å². The zero-order valence-corrected chi connectivity index (χ0v) is 9.51. The van der Waals surface area contributed by atoms with Crippen LogP contribution in [0.4, 0.5) is 0 Å². The monoisotopic (exact) mass is 205 g/mol. The molecule has 0 bridgehead atoms. The first kappa shape index (κ1) is 11.1. The van der Waals surface area contributed by atoms with E-state index in [1.54, 1.807) is 0 Å². The normalized spacial score (nSPS) is 10.2. The van der Waals surface area contributed by atoms with Crippen LogP contribution in [0.3, 0.4) is 0 Å². The second-order valence-corrected chi connectivity index (χ2v) is 4.00. The third kappa shape index (κ3) is 2.52. The molecule has 0 N–H and O–H groups in total. The van der Waals surface area contributed by atoms with Crippen molar-refractivity contribution < 1.29 is 0 Å². The van der Waals surface area contributed by atoms with E-state index in [1.807, 2.05) is 12.1 Å². The van der Waals surface area contributed by atoms with Gasteiger partial charge in [-0.25, -0.2) is 0 Å². The highest BCUT2D eigenvalue weighted by Gasteiger charge is 2.06. The zero-order chi connectivity index (χ0) is 10.6. The van der Waals surface area contributed by atoms with Crippen molar-refractivity contribution in [3.05, 3.63) is 34.9 Å². The summed E-state index contributed by atoms with van der Waals surface area (Å²) in [5, 5.41) is 8.69. The highest BCUT2D eigenvalue weighted by atomic mass is 32.1. The summed E-state index contributed by atoms with van der Waals surface area (Å²) in [5.74, 6) is 1.23. The first-order valence-electron chi connectivity index (χ1n) is 4.78. The summed E-state index contributed by atoms with van der Waals surface area (Å²) in [5.41, 5.74) is 3.64. The number of hydrogen-bond acceptors (Lipinski definition) is 2. The first-order valence-corrected chi connectivity index (χ1v) is 5.41. The van der Waals surface area contributed by atoms with Gasteiger partial charge in [-0.15, -0.1) is 0 Å². The minimum atomic E-state index is 0.471. The average Bonchev–Trinajstić information content (AvgIpc) is 2.18. The van der Waals surface area contributed by atoms with Crippen LogP contribution in [0.2, 0.25) is 0 Å². The van der Waals surface area contributed by atoms with Crippen molar-refractivity contribution in [1.82, 2.24) is 0 Å². The molecule has 0 amide bonds. The maximum Gasteiger partial charge on any atom is 0.0669 e. The van der Waals surface area contributed by atoms with Crippen LogP contribution in [-0.2, 0) is 12.2 Å². The zero-order valence-electron chi connectivity index (χ0n) is 8.62. The Labute approximate surface area is 91.2 Å². The third-order valence-corrected chi connectivity index (χ3v) is 2.65. The molecule has 0 aliphatic carbocycles. The molecule has 0 atom stereocenters. The van der Waals surface area contributed by atoms with Gasteiger partial charge in [-0.3, -0.25) is 0 Å². The van der Waals surface area contributed by atoms with Crippen LogP contribution >= 0.6 is 12.6 Å². The van der Waals surface area contributed by atoms with E-state index in [-0.39, 0.29) is 0 Å². The predicted molar refractivity (Wildman–Crippen MR) is 62.5 cm³/mol. The third-order valence-electron chi connectivity index (χ3n) is 2.28. The van der Waals surface area contributed by atoms with E-state index in [9.17, 15) is 0 Å². The molecule has 1 rings (SSSR count). The summed E-state index contributed by atoms with van der Waals surface area (Å²) in [7, 11) is 0. The lowest BCUT2D eigenvalue weighted by atomic mass is 9.94. The number of benzene rings is 1. The van der Waals surface area contributed by atoms with E-state index >= 15 is 0 Å². The molecule has 0 aliphatic rings. The molecule has 0 unspecified atom stereocenters. The number of nitriles is 1. The fourth-order valence-electron chi connectivity index (χ4n) is 1.53. The lowest BCUT2D eigenvalue weighted by molar-refractivity contribution is 0.849. The fraction of sp³-hybridized carbons (Fsp3) is 0.417. The first-order chi connectivity index (χ1) is 6.69. The van der Waals surface area contributed by atoms with Crippen molar-refractivity contribution in [1.29, 1.82) is 5.26 Å². The minimum absolute atomic E-state index is 0.471. The van der Waals surface area contributed by atoms with Gasteiger partial charge in [0, 0.05) is 5.75 Å². The number of rotatable bonds is 3. The Kier molecular flexibility index (Phi) is 4.03. The summed E-state index contributed by atoms with van der Waals surface area (Å²) >= 11 is 4.25. The van der Waals surface area contributed by atoms with Crippen molar-refractivity contribution in [3.63, 3.8) is 0 Å². The average molecular weight is 205 g/mol. The van der Waals surface area contributed by atoms with Crippen molar-refractivity contribution in [3.8, 4) is 6.07 Å². The van der Waals surface area contributed by atoms with Gasteiger partial charge in [0.25, 0.3) is 0 Å². The fourth-order valence-corrected chi connectivity index (χ4v) is 1.72. The summed E-state index contributed by atoms with van der Waals surface area (Å²) in [6.07, 6.45) is 0.500. The molecule has 1 aromatic rings. The van der Waals surface area contributed by atoms with Crippen molar-refractivity contribution in [2.45, 2.75) is 31.9 Å². The molecule has 0 heterocycles. The van der Waals surface area contributed by atoms with E-state index in [0.717, 1.165) is 11.3 Å². The van der Waals surface area contributed by atoms with Crippen LogP contribution in [0.5, 0.6) is 0 Å². The smallest absolute Gasteiger partial charge is 0.0669 e. The SMILES string of the molecule is CC(C)c1cc(CS)ccc1CC#N. The molecule has 1 nitrogen and oxygen atoms in total. The molecule has 0 spiro atoms. The van der Waals surface area contributed by atoms with Crippen LogP contribution in [0, 0.1) is 11.3 Å². The van der Waals surface area contributed by atoms with Gasteiger partial charge in [0.15, 0.2) is 0 Å². The minimum Gasteiger partial charge on any atom is -0.198 e. The summed E-state index contributed by atoms with van der Waals surface area (Å²) in [6, 6.07) is 8.45. The lowest BCUT2D eigenvalue weighted by Crippen LogP contribution is -1.97. The van der Waals surface area contributed by atoms with Gasteiger partial charge >= 0.3 is 0 Å². The highest BCUT2D eigenvalue weighted by Crippen LogP contribution is 2.22. The molecule has 0 saturated heterocycles. The molecular weight excluding hydrogens is 190 g/mol. The molecule has 0 aromatic heterocycles. The standard InChI is InChI=1S/C12H15NS/c1-9(2)12-7-10(8-14)3-4-11(12)5-6-13/h3-4,7,9,14H,5,8H2,1-2H3. The van der Waals surface area contributed by atoms with Gasteiger partial charge in [0.2, 0.25) is 0 Å². The number of thiol groups is 1. The number of nitrogens with zero attached hydrogens (tertiary/aromatic N) is 1. The van der Waals surface area contributed by atoms with E-state index in [4.69, 9.17) is 5.26 Å². The molecule has 2 heteroatoms. The van der Waals surface area contributed by atoms with Gasteiger partial charge in [0.05, 0.1) is 12.5 Å². The van der Waals surface area contributed by atoms with Crippen molar-refractivity contribution >= 4 is 12.6 Å². The van der Waals surface area contributed by atoms with Gasteiger partial charge < -0.3 is 0 Å². The van der Waals surface area contributed by atoms with Gasteiger partial charge in [0.1, 0.15) is 0 Å². The Balaban J connectivity index is 3.11. The Morgan fingerprint density at radius 3 is 2.64 bits per heavy atom. The van der Waals surface area contributed by atoms with Gasteiger partial charge in [-0.05, 0) is 22.6 Å². The Hall–Kier alpha value is -0.940. The van der Waals surface area contributed by atoms with Gasteiger partial charge in [-0.1, -0.05) is 32.0 Å². The molecule has 0 fully saturated rings. The van der Waals surface area contributed by atoms with Crippen LogP contribution in [0.25, 0.3) is 0 Å². The van der Waals surface area contributed by atoms with Gasteiger partial charge in [-0.2, -0.15) is 17.9 Å². The van der Waals surface area contributed by atoms with E-state index in [0.29, 0.717) is 12.3 Å². The van der Waals surface area contributed by atoms with Crippen molar-refractivity contribution in [2.75, 3.05) is 0 Å². The maximum absolute atomic E-state index is 8.69. The Bertz CT molecular complexity index is 350. The van der Waals surface area contributed by atoms with Crippen molar-refractivity contribution in [2.24, 2.45) is 0 Å². The lowest BCUT2D eigenvalue weighted by Gasteiger charge is -2.12. The molecule has 74 valence electrons. The Morgan fingerprint density at radius 1 is 1.43 bits per heavy atom. The maximum atomic E-state index is 8.69. The molecular formula is C12H15NS. The largest absolute Gasteiger partial charge is 0.198 e. The summed E-state index contributed by atoms with van der Waals surface area (Å²) in [4.78, 5) is 0. The van der Waals surface area contributed by atoms with Crippen LogP contribution in [0.15, 0.2) is 18.2 Å².